The fourth-order valence-electron chi connectivity index (χ4n) is 1.68. The Bertz CT molecular complexity index is 354. The molecule has 3 N–H and O–H groups in total. The van der Waals surface area contributed by atoms with Crippen LogP contribution in [-0.4, -0.2) is 11.2 Å². The molecule has 1 aliphatic rings. The molecular weight excluding hydrogens is 176 g/mol. The van der Waals surface area contributed by atoms with Crippen LogP contribution >= 0.6 is 0 Å². The summed E-state index contributed by atoms with van der Waals surface area (Å²) in [7, 11) is 0. The molecule has 0 radical (unpaired) electrons. The fourth-order valence-corrected chi connectivity index (χ4v) is 1.68. The van der Waals surface area contributed by atoms with Crippen LogP contribution in [0.1, 0.15) is 17.2 Å². The van der Waals surface area contributed by atoms with Gasteiger partial charge in [-0.1, -0.05) is 0 Å². The molecule has 0 spiro atoms. The molecule has 2 atom stereocenters. The SMILES string of the molecule is N[C@H]1c2cc(F)cc(F)c2C[C@H]1O. The van der Waals surface area contributed by atoms with E-state index in [0.717, 1.165) is 6.07 Å². The third kappa shape index (κ3) is 1.22. The third-order valence-electron chi connectivity index (χ3n) is 2.38. The highest BCUT2D eigenvalue weighted by Crippen LogP contribution is 2.31. The molecule has 0 heterocycles. The summed E-state index contributed by atoms with van der Waals surface area (Å²) >= 11 is 0. The largest absolute Gasteiger partial charge is 0.391 e. The van der Waals surface area contributed by atoms with E-state index in [1.165, 1.54) is 6.07 Å². The second-order valence-corrected chi connectivity index (χ2v) is 3.25. The monoisotopic (exact) mass is 185 g/mol. The summed E-state index contributed by atoms with van der Waals surface area (Å²) in [5.41, 5.74) is 6.26. The molecule has 0 aliphatic heterocycles. The van der Waals surface area contributed by atoms with Crippen LogP contribution in [0, 0.1) is 11.6 Å². The molecule has 13 heavy (non-hydrogen) atoms. The van der Waals surface area contributed by atoms with Gasteiger partial charge in [0.15, 0.2) is 0 Å². The minimum Gasteiger partial charge on any atom is -0.391 e. The van der Waals surface area contributed by atoms with Crippen molar-refractivity contribution < 1.29 is 13.9 Å². The van der Waals surface area contributed by atoms with Gasteiger partial charge in [-0.2, -0.15) is 0 Å². The maximum atomic E-state index is 13.1. The lowest BCUT2D eigenvalue weighted by Gasteiger charge is -2.08. The molecule has 0 fully saturated rings. The number of halogens is 2. The summed E-state index contributed by atoms with van der Waals surface area (Å²) in [6, 6.07) is 1.32. The van der Waals surface area contributed by atoms with Crippen molar-refractivity contribution in [2.45, 2.75) is 18.6 Å². The minimum absolute atomic E-state index is 0.169. The van der Waals surface area contributed by atoms with Crippen molar-refractivity contribution in [1.82, 2.24) is 0 Å². The lowest BCUT2D eigenvalue weighted by Crippen LogP contribution is -2.21. The Labute approximate surface area is 74.0 Å². The van der Waals surface area contributed by atoms with E-state index in [1.54, 1.807) is 0 Å². The van der Waals surface area contributed by atoms with Crippen LogP contribution in [0.2, 0.25) is 0 Å². The molecular formula is C9H9F2NO. The number of aliphatic hydroxyl groups is 1. The number of rotatable bonds is 0. The maximum absolute atomic E-state index is 13.1. The van der Waals surface area contributed by atoms with E-state index in [1.807, 2.05) is 0 Å². The first-order valence-corrected chi connectivity index (χ1v) is 4.01. The molecule has 1 aromatic carbocycles. The highest BCUT2D eigenvalue weighted by Gasteiger charge is 2.30. The van der Waals surface area contributed by atoms with Crippen molar-refractivity contribution in [2.75, 3.05) is 0 Å². The van der Waals surface area contributed by atoms with Crippen molar-refractivity contribution in [1.29, 1.82) is 0 Å². The molecule has 1 aromatic rings. The van der Waals surface area contributed by atoms with Crippen molar-refractivity contribution in [3.63, 3.8) is 0 Å². The zero-order chi connectivity index (χ0) is 9.59. The van der Waals surface area contributed by atoms with Crippen molar-refractivity contribution in [2.24, 2.45) is 5.73 Å². The average molecular weight is 185 g/mol. The van der Waals surface area contributed by atoms with E-state index in [2.05, 4.69) is 0 Å². The topological polar surface area (TPSA) is 46.2 Å². The second-order valence-electron chi connectivity index (χ2n) is 3.25. The van der Waals surface area contributed by atoms with Crippen LogP contribution in [0.5, 0.6) is 0 Å². The zero-order valence-corrected chi connectivity index (χ0v) is 6.80. The number of hydrogen-bond donors (Lipinski definition) is 2. The smallest absolute Gasteiger partial charge is 0.129 e. The highest BCUT2D eigenvalue weighted by molar-refractivity contribution is 5.37. The maximum Gasteiger partial charge on any atom is 0.129 e. The van der Waals surface area contributed by atoms with E-state index in [4.69, 9.17) is 5.73 Å². The van der Waals surface area contributed by atoms with Gasteiger partial charge >= 0.3 is 0 Å². The summed E-state index contributed by atoms with van der Waals surface area (Å²) in [6.45, 7) is 0. The Morgan fingerprint density at radius 2 is 2.08 bits per heavy atom. The summed E-state index contributed by atoms with van der Waals surface area (Å²) < 4.78 is 25.8. The van der Waals surface area contributed by atoms with Gasteiger partial charge in [-0.3, -0.25) is 0 Å². The van der Waals surface area contributed by atoms with Gasteiger partial charge in [-0.05, 0) is 17.2 Å². The number of aliphatic hydroxyl groups excluding tert-OH is 1. The van der Waals surface area contributed by atoms with Gasteiger partial charge in [0.2, 0.25) is 0 Å². The van der Waals surface area contributed by atoms with Gasteiger partial charge in [0.1, 0.15) is 11.6 Å². The molecule has 2 nitrogen and oxygen atoms in total. The summed E-state index contributed by atoms with van der Waals surface area (Å²) in [5, 5.41) is 9.32. The van der Waals surface area contributed by atoms with Gasteiger partial charge in [-0.25, -0.2) is 8.78 Å². The summed E-state index contributed by atoms with van der Waals surface area (Å²) in [4.78, 5) is 0. The number of fused-ring (bicyclic) bond motifs is 1. The molecule has 0 bridgehead atoms. The zero-order valence-electron chi connectivity index (χ0n) is 6.80. The van der Waals surface area contributed by atoms with Crippen LogP contribution in [-0.2, 0) is 6.42 Å². The summed E-state index contributed by atoms with van der Waals surface area (Å²) in [6.07, 6.45) is -0.630. The van der Waals surface area contributed by atoms with Gasteiger partial charge in [0, 0.05) is 12.5 Å². The van der Waals surface area contributed by atoms with Gasteiger partial charge in [0.25, 0.3) is 0 Å². The van der Waals surface area contributed by atoms with Crippen LogP contribution < -0.4 is 5.73 Å². The normalized spacial score (nSPS) is 26.2. The van der Waals surface area contributed by atoms with Gasteiger partial charge in [-0.15, -0.1) is 0 Å². The van der Waals surface area contributed by atoms with Crippen LogP contribution in [0.4, 0.5) is 8.78 Å². The molecule has 0 saturated heterocycles. The Morgan fingerprint density at radius 1 is 1.38 bits per heavy atom. The molecule has 0 saturated carbocycles. The molecule has 2 rings (SSSR count). The van der Waals surface area contributed by atoms with E-state index < -0.39 is 23.8 Å². The Morgan fingerprint density at radius 3 is 2.77 bits per heavy atom. The van der Waals surface area contributed by atoms with Crippen LogP contribution in [0.25, 0.3) is 0 Å². The van der Waals surface area contributed by atoms with Gasteiger partial charge in [0.05, 0.1) is 12.1 Å². The van der Waals surface area contributed by atoms with E-state index in [-0.39, 0.29) is 6.42 Å². The van der Waals surface area contributed by atoms with Crippen molar-refractivity contribution >= 4 is 0 Å². The quantitative estimate of drug-likeness (QED) is 0.630. The van der Waals surface area contributed by atoms with Crippen molar-refractivity contribution in [3.05, 3.63) is 34.9 Å². The third-order valence-corrected chi connectivity index (χ3v) is 2.38. The van der Waals surface area contributed by atoms with E-state index in [9.17, 15) is 13.9 Å². The molecule has 0 amide bonds. The first-order chi connectivity index (χ1) is 6.09. The molecule has 4 heteroatoms. The Hall–Kier alpha value is -1.00. The van der Waals surface area contributed by atoms with Gasteiger partial charge < -0.3 is 10.8 Å². The van der Waals surface area contributed by atoms with E-state index >= 15 is 0 Å². The average Bonchev–Trinajstić information content (AvgIpc) is 2.32. The second kappa shape index (κ2) is 2.75. The number of nitrogens with two attached hydrogens (primary N) is 1. The predicted molar refractivity (Wildman–Crippen MR) is 43.0 cm³/mol. The van der Waals surface area contributed by atoms with Crippen molar-refractivity contribution in [3.8, 4) is 0 Å². The number of benzene rings is 1. The molecule has 70 valence electrons. The van der Waals surface area contributed by atoms with E-state index in [0.29, 0.717) is 11.1 Å². The number of hydrogen-bond acceptors (Lipinski definition) is 2. The summed E-state index contributed by atoms with van der Waals surface area (Å²) in [5.74, 6) is -1.28. The molecule has 1 aliphatic carbocycles. The Kier molecular flexibility index (Phi) is 1.82. The lowest BCUT2D eigenvalue weighted by atomic mass is 10.1. The first-order valence-electron chi connectivity index (χ1n) is 4.01. The van der Waals surface area contributed by atoms with Crippen LogP contribution in [0.3, 0.4) is 0 Å². The lowest BCUT2D eigenvalue weighted by molar-refractivity contribution is 0.158. The standard InChI is InChI=1S/C9H9F2NO/c10-4-1-6-5(7(11)2-4)3-8(13)9(6)12/h1-2,8-9,13H,3,12H2/t8-,9+/m1/s1. The fraction of sp³-hybridized carbons (Fsp3) is 0.333. The first kappa shape index (κ1) is 8.59. The minimum atomic E-state index is -0.800. The molecule has 0 unspecified atom stereocenters. The Balaban J connectivity index is 2.57. The highest BCUT2D eigenvalue weighted by atomic mass is 19.1. The molecule has 0 aromatic heterocycles. The predicted octanol–water partition coefficient (Wildman–Crippen LogP) is 0.882. The van der Waals surface area contributed by atoms with Crippen LogP contribution in [0.15, 0.2) is 12.1 Å².